The number of nitrogens with one attached hydrogen (secondary N) is 2. The number of piperidine rings is 1. The van der Waals surface area contributed by atoms with E-state index in [1.807, 2.05) is 10.7 Å². The lowest BCUT2D eigenvalue weighted by Crippen LogP contribution is -3.12. The third-order valence-corrected chi connectivity index (χ3v) is 5.71. The number of likely N-dealkylation sites (tertiary alicyclic amines) is 1. The molecule has 2 aromatic rings. The molecule has 1 aromatic carbocycles. The van der Waals surface area contributed by atoms with Crippen LogP contribution in [0.25, 0.3) is 0 Å². The highest BCUT2D eigenvalue weighted by atomic mass is 32.1. The van der Waals surface area contributed by atoms with Crippen LogP contribution in [0.3, 0.4) is 0 Å². The zero-order chi connectivity index (χ0) is 16.4. The quantitative estimate of drug-likeness (QED) is 0.738. The summed E-state index contributed by atoms with van der Waals surface area (Å²) in [5.74, 6) is 0. The standard InChI is InChI=1S/C16H22N4OS2/c1-11-4-3-5-14(12(11)2)17-15-18-20(16(22)23-15)10-19-8-6-13(21)7-9-19/h3-5,13,21H,6-10H2,1-2H3,(H,17,18)/p+1. The van der Waals surface area contributed by atoms with Gasteiger partial charge >= 0.3 is 0 Å². The Hall–Kier alpha value is -1.28. The summed E-state index contributed by atoms with van der Waals surface area (Å²) < 4.78 is 2.69. The Morgan fingerprint density at radius 1 is 1.39 bits per heavy atom. The molecule has 0 unspecified atom stereocenters. The molecule has 2 heterocycles. The van der Waals surface area contributed by atoms with Crippen LogP contribution >= 0.6 is 23.6 Å². The Morgan fingerprint density at radius 3 is 2.87 bits per heavy atom. The Balaban J connectivity index is 1.71. The molecule has 0 spiro atoms. The number of rotatable bonds is 4. The van der Waals surface area contributed by atoms with Gasteiger partial charge in [-0.2, -0.15) is 4.68 Å². The van der Waals surface area contributed by atoms with Gasteiger partial charge in [0, 0.05) is 18.5 Å². The first kappa shape index (κ1) is 16.6. The molecular weight excluding hydrogens is 328 g/mol. The van der Waals surface area contributed by atoms with Gasteiger partial charge in [0.15, 0.2) is 10.6 Å². The Kier molecular flexibility index (Phi) is 5.11. The highest BCUT2D eigenvalue weighted by Gasteiger charge is 2.21. The smallest absolute Gasteiger partial charge is 0.209 e. The first-order valence-electron chi connectivity index (χ1n) is 7.96. The summed E-state index contributed by atoms with van der Waals surface area (Å²) in [6.45, 7) is 6.93. The summed E-state index contributed by atoms with van der Waals surface area (Å²) in [5.41, 5.74) is 3.57. The minimum Gasteiger partial charge on any atom is -0.393 e. The highest BCUT2D eigenvalue weighted by Crippen LogP contribution is 2.24. The molecule has 3 rings (SSSR count). The summed E-state index contributed by atoms with van der Waals surface area (Å²) in [6, 6.07) is 6.22. The lowest BCUT2D eigenvalue weighted by molar-refractivity contribution is -0.929. The molecule has 0 aliphatic carbocycles. The van der Waals surface area contributed by atoms with Crippen LogP contribution in [0.5, 0.6) is 0 Å². The molecule has 124 valence electrons. The van der Waals surface area contributed by atoms with Crippen molar-refractivity contribution >= 4 is 34.4 Å². The number of aliphatic hydroxyl groups is 1. The first-order valence-corrected chi connectivity index (χ1v) is 9.18. The second-order valence-corrected chi connectivity index (χ2v) is 7.81. The van der Waals surface area contributed by atoms with E-state index in [1.165, 1.54) is 27.4 Å². The number of nitrogens with zero attached hydrogens (tertiary/aromatic N) is 2. The third kappa shape index (κ3) is 3.98. The molecule has 0 amide bonds. The van der Waals surface area contributed by atoms with E-state index >= 15 is 0 Å². The van der Waals surface area contributed by atoms with Crippen LogP contribution in [0.2, 0.25) is 0 Å². The van der Waals surface area contributed by atoms with Gasteiger partial charge in [0.1, 0.15) is 0 Å². The average molecular weight is 352 g/mol. The lowest BCUT2D eigenvalue weighted by atomic mass is 10.1. The van der Waals surface area contributed by atoms with Crippen LogP contribution in [0.4, 0.5) is 10.8 Å². The van der Waals surface area contributed by atoms with Crippen molar-refractivity contribution in [3.63, 3.8) is 0 Å². The number of hydrogen-bond acceptors (Lipinski definition) is 5. The molecule has 1 aliphatic rings. The van der Waals surface area contributed by atoms with Gasteiger partial charge in [0.05, 0.1) is 19.2 Å². The maximum atomic E-state index is 9.60. The minimum atomic E-state index is -0.135. The maximum absolute atomic E-state index is 9.60. The Labute approximate surface area is 145 Å². The van der Waals surface area contributed by atoms with E-state index in [2.05, 4.69) is 36.4 Å². The summed E-state index contributed by atoms with van der Waals surface area (Å²) in [5, 5.41) is 18.4. The molecule has 0 bridgehead atoms. The van der Waals surface area contributed by atoms with Crippen LogP contribution in [-0.2, 0) is 6.67 Å². The number of anilines is 2. The van der Waals surface area contributed by atoms with Crippen LogP contribution in [-0.4, -0.2) is 34.1 Å². The van der Waals surface area contributed by atoms with Crippen molar-refractivity contribution in [1.29, 1.82) is 0 Å². The van der Waals surface area contributed by atoms with Gasteiger partial charge in [0.25, 0.3) is 0 Å². The van der Waals surface area contributed by atoms with E-state index < -0.39 is 0 Å². The van der Waals surface area contributed by atoms with Crippen molar-refractivity contribution in [2.75, 3.05) is 18.4 Å². The van der Waals surface area contributed by atoms with E-state index in [0.717, 1.165) is 47.4 Å². The number of benzene rings is 1. The second-order valence-electron chi connectivity index (χ2n) is 6.18. The molecule has 1 saturated heterocycles. The fourth-order valence-electron chi connectivity index (χ4n) is 2.84. The van der Waals surface area contributed by atoms with E-state index in [4.69, 9.17) is 12.2 Å². The summed E-state index contributed by atoms with van der Waals surface area (Å²) >= 11 is 6.96. The number of hydrogen-bond donors (Lipinski definition) is 3. The van der Waals surface area contributed by atoms with Gasteiger partial charge in [0.2, 0.25) is 5.13 Å². The largest absolute Gasteiger partial charge is 0.393 e. The average Bonchev–Trinajstić information content (AvgIpc) is 2.86. The monoisotopic (exact) mass is 351 g/mol. The van der Waals surface area contributed by atoms with Crippen molar-refractivity contribution in [3.05, 3.63) is 33.3 Å². The van der Waals surface area contributed by atoms with Gasteiger partial charge in [-0.25, -0.2) is 0 Å². The van der Waals surface area contributed by atoms with E-state index in [1.54, 1.807) is 0 Å². The van der Waals surface area contributed by atoms with Crippen LogP contribution < -0.4 is 10.2 Å². The van der Waals surface area contributed by atoms with Crippen molar-refractivity contribution in [2.24, 2.45) is 0 Å². The Morgan fingerprint density at radius 2 is 2.13 bits per heavy atom. The van der Waals surface area contributed by atoms with Crippen LogP contribution in [0.15, 0.2) is 18.2 Å². The summed E-state index contributed by atoms with van der Waals surface area (Å²) in [4.78, 5) is 1.43. The topological polar surface area (TPSA) is 54.5 Å². The van der Waals surface area contributed by atoms with Gasteiger partial charge < -0.3 is 15.3 Å². The van der Waals surface area contributed by atoms with Crippen molar-refractivity contribution < 1.29 is 10.0 Å². The Bertz CT molecular complexity index is 732. The second kappa shape index (κ2) is 7.09. The van der Waals surface area contributed by atoms with Gasteiger partial charge in [-0.15, -0.1) is 5.10 Å². The molecular formula is C16H23N4OS2+. The van der Waals surface area contributed by atoms with Gasteiger partial charge in [-0.3, -0.25) is 0 Å². The molecule has 7 heteroatoms. The van der Waals surface area contributed by atoms with Crippen molar-refractivity contribution in [3.8, 4) is 0 Å². The van der Waals surface area contributed by atoms with E-state index in [-0.39, 0.29) is 6.10 Å². The predicted molar refractivity (Wildman–Crippen MR) is 96.1 cm³/mol. The summed E-state index contributed by atoms with van der Waals surface area (Å²) in [6.07, 6.45) is 1.59. The van der Waals surface area contributed by atoms with E-state index in [0.29, 0.717) is 0 Å². The number of aryl methyl sites for hydroxylation is 1. The number of quaternary nitrogens is 1. The summed E-state index contributed by atoms with van der Waals surface area (Å²) in [7, 11) is 0. The molecule has 0 saturated carbocycles. The number of aromatic nitrogens is 2. The van der Waals surface area contributed by atoms with Crippen molar-refractivity contribution in [2.45, 2.75) is 39.5 Å². The molecule has 0 atom stereocenters. The maximum Gasteiger partial charge on any atom is 0.209 e. The zero-order valence-electron chi connectivity index (χ0n) is 13.5. The normalized spacial score (nSPS) is 21.3. The van der Waals surface area contributed by atoms with Crippen LogP contribution in [0, 0.1) is 17.8 Å². The van der Waals surface area contributed by atoms with Gasteiger partial charge in [-0.05, 0) is 43.3 Å². The lowest BCUT2D eigenvalue weighted by Gasteiger charge is -2.26. The predicted octanol–water partition coefficient (Wildman–Crippen LogP) is 2.03. The molecule has 0 radical (unpaired) electrons. The van der Waals surface area contributed by atoms with Crippen molar-refractivity contribution in [1.82, 2.24) is 9.78 Å². The highest BCUT2D eigenvalue weighted by molar-refractivity contribution is 7.73. The molecule has 1 aliphatic heterocycles. The minimum absolute atomic E-state index is 0.135. The first-order chi connectivity index (χ1) is 11.0. The molecule has 5 nitrogen and oxygen atoms in total. The number of aliphatic hydroxyl groups excluding tert-OH is 1. The molecule has 3 N–H and O–H groups in total. The van der Waals surface area contributed by atoms with Gasteiger partial charge in [-0.1, -0.05) is 23.5 Å². The molecule has 1 fully saturated rings. The van der Waals surface area contributed by atoms with Crippen LogP contribution in [0.1, 0.15) is 24.0 Å². The van der Waals surface area contributed by atoms with E-state index in [9.17, 15) is 5.11 Å². The fourth-order valence-corrected chi connectivity index (χ4v) is 3.86. The molecule has 23 heavy (non-hydrogen) atoms. The zero-order valence-corrected chi connectivity index (χ0v) is 15.1. The fraction of sp³-hybridized carbons (Fsp3) is 0.500. The third-order valence-electron chi connectivity index (χ3n) is 4.49. The molecule has 1 aromatic heterocycles. The SMILES string of the molecule is Cc1cccc(Nc2nn(C[NH+]3CCC(O)CC3)c(=S)s2)c1C.